The number of rotatable bonds is 5. The lowest BCUT2D eigenvalue weighted by Crippen LogP contribution is -2.60. The Morgan fingerprint density at radius 2 is 2.10 bits per heavy atom. The first-order valence-electron chi connectivity index (χ1n) is 9.09. The standard InChI is InChI=1S/C20H17F4N3O4/c1-3-7-27-14-9-13(26(2)17(29)10-16(25-11-28)20(22,23)24)12(21)8-15(14)31-19(18(27)30)5-4-6-19/h1,8-11H,4-7H2,2H3,(H,25,28)/b16-10-. The number of hydrogen-bond donors (Lipinski definition) is 1. The Morgan fingerprint density at radius 1 is 1.42 bits per heavy atom. The van der Waals surface area contributed by atoms with Crippen LogP contribution in [0.4, 0.5) is 28.9 Å². The van der Waals surface area contributed by atoms with Crippen LogP contribution in [0.3, 0.4) is 0 Å². The Morgan fingerprint density at radius 3 is 2.61 bits per heavy atom. The first kappa shape index (κ1) is 22.1. The number of nitrogens with zero attached hydrogens (tertiary/aromatic N) is 2. The molecule has 1 aromatic rings. The molecule has 0 aromatic heterocycles. The number of carbonyl (C=O) groups is 3. The summed E-state index contributed by atoms with van der Waals surface area (Å²) in [5.41, 5.74) is -3.03. The van der Waals surface area contributed by atoms with Crippen molar-refractivity contribution in [2.45, 2.75) is 31.0 Å². The molecular weight excluding hydrogens is 422 g/mol. The summed E-state index contributed by atoms with van der Waals surface area (Å²) in [6.07, 6.45) is 1.89. The lowest BCUT2D eigenvalue weighted by Gasteiger charge is -2.47. The Kier molecular flexibility index (Phi) is 5.67. The maximum Gasteiger partial charge on any atom is 0.431 e. The normalized spacial score (nSPS) is 17.2. The molecule has 1 spiro atoms. The van der Waals surface area contributed by atoms with Gasteiger partial charge in [-0.1, -0.05) is 5.92 Å². The molecule has 0 radical (unpaired) electrons. The van der Waals surface area contributed by atoms with Gasteiger partial charge in [-0.2, -0.15) is 13.2 Å². The molecule has 11 heteroatoms. The van der Waals surface area contributed by atoms with Gasteiger partial charge in [-0.15, -0.1) is 6.42 Å². The first-order chi connectivity index (χ1) is 14.5. The maximum atomic E-state index is 14.8. The van der Waals surface area contributed by atoms with E-state index in [0.717, 1.165) is 25.6 Å². The third kappa shape index (κ3) is 3.93. The Bertz CT molecular complexity index is 1010. The van der Waals surface area contributed by atoms with Gasteiger partial charge in [-0.3, -0.25) is 19.3 Å². The minimum atomic E-state index is -5.01. The highest BCUT2D eigenvalue weighted by molar-refractivity contribution is 6.06. The van der Waals surface area contributed by atoms with Crippen LogP contribution in [0.1, 0.15) is 19.3 Å². The number of ether oxygens (including phenoxy) is 1. The van der Waals surface area contributed by atoms with Crippen molar-refractivity contribution >= 4 is 29.6 Å². The molecule has 1 aromatic carbocycles. The smallest absolute Gasteiger partial charge is 0.431 e. The summed E-state index contributed by atoms with van der Waals surface area (Å²) in [5, 5.41) is 1.40. The lowest BCUT2D eigenvalue weighted by molar-refractivity contribution is -0.143. The number of halogens is 4. The van der Waals surface area contributed by atoms with Gasteiger partial charge in [-0.05, 0) is 25.3 Å². The Hall–Kier alpha value is -3.55. The van der Waals surface area contributed by atoms with Crippen LogP contribution in [0.15, 0.2) is 23.9 Å². The predicted octanol–water partition coefficient (Wildman–Crippen LogP) is 2.26. The minimum Gasteiger partial charge on any atom is -0.475 e. The van der Waals surface area contributed by atoms with Crippen LogP contribution in [0, 0.1) is 18.2 Å². The lowest BCUT2D eigenvalue weighted by atomic mass is 9.77. The monoisotopic (exact) mass is 439 g/mol. The van der Waals surface area contributed by atoms with Gasteiger partial charge in [0, 0.05) is 19.2 Å². The molecule has 0 unspecified atom stereocenters. The van der Waals surface area contributed by atoms with Gasteiger partial charge in [0.25, 0.3) is 11.8 Å². The van der Waals surface area contributed by atoms with E-state index in [1.54, 1.807) is 0 Å². The van der Waals surface area contributed by atoms with Gasteiger partial charge in [0.2, 0.25) is 6.41 Å². The third-order valence-corrected chi connectivity index (χ3v) is 5.15. The van der Waals surface area contributed by atoms with E-state index >= 15 is 0 Å². The maximum absolute atomic E-state index is 14.8. The van der Waals surface area contributed by atoms with Crippen molar-refractivity contribution in [1.29, 1.82) is 0 Å². The Labute approximate surface area is 174 Å². The van der Waals surface area contributed by atoms with Gasteiger partial charge in [0.05, 0.1) is 17.9 Å². The largest absolute Gasteiger partial charge is 0.475 e. The van der Waals surface area contributed by atoms with Crippen molar-refractivity contribution in [3.63, 3.8) is 0 Å². The second kappa shape index (κ2) is 7.94. The van der Waals surface area contributed by atoms with Crippen molar-refractivity contribution in [3.05, 3.63) is 29.7 Å². The molecule has 7 nitrogen and oxygen atoms in total. The zero-order valence-electron chi connectivity index (χ0n) is 16.3. The van der Waals surface area contributed by atoms with Gasteiger partial charge in [-0.25, -0.2) is 4.39 Å². The highest BCUT2D eigenvalue weighted by Crippen LogP contribution is 2.48. The minimum absolute atomic E-state index is 0.0470. The molecule has 0 bridgehead atoms. The molecule has 0 saturated heterocycles. The predicted molar refractivity (Wildman–Crippen MR) is 102 cm³/mol. The molecule has 3 amide bonds. The number of allylic oxidation sites excluding steroid dienone is 1. The summed E-state index contributed by atoms with van der Waals surface area (Å²) in [6.45, 7) is -0.138. The number of likely N-dealkylation sites (N-methyl/N-ethyl adjacent to an activating group) is 1. The van der Waals surface area contributed by atoms with E-state index in [1.807, 2.05) is 0 Å². The van der Waals surface area contributed by atoms with E-state index < -0.39 is 40.8 Å². The van der Waals surface area contributed by atoms with Crippen molar-refractivity contribution in [3.8, 4) is 18.1 Å². The number of terminal acetylenes is 1. The van der Waals surface area contributed by atoms with E-state index in [4.69, 9.17) is 11.2 Å². The number of anilines is 2. The summed E-state index contributed by atoms with van der Waals surface area (Å²) >= 11 is 0. The SMILES string of the molecule is C#CCN1C(=O)C2(CCC2)Oc2cc(F)c(N(C)C(=O)/C=C(\NC=O)C(F)(F)F)cc21. The van der Waals surface area contributed by atoms with E-state index in [0.29, 0.717) is 17.7 Å². The van der Waals surface area contributed by atoms with Crippen LogP contribution >= 0.6 is 0 Å². The third-order valence-electron chi connectivity index (χ3n) is 5.15. The van der Waals surface area contributed by atoms with Crippen molar-refractivity contribution in [2.75, 3.05) is 23.4 Å². The first-order valence-corrected chi connectivity index (χ1v) is 9.09. The van der Waals surface area contributed by atoms with E-state index in [2.05, 4.69) is 5.92 Å². The highest BCUT2D eigenvalue weighted by atomic mass is 19.4. The molecule has 1 heterocycles. The number of amides is 3. The van der Waals surface area contributed by atoms with Crippen molar-refractivity contribution in [1.82, 2.24) is 5.32 Å². The summed E-state index contributed by atoms with van der Waals surface area (Å²) in [4.78, 5) is 37.4. The van der Waals surface area contributed by atoms with Crippen LogP contribution in [0.5, 0.6) is 5.75 Å². The zero-order valence-corrected chi connectivity index (χ0v) is 16.3. The molecule has 31 heavy (non-hydrogen) atoms. The fourth-order valence-electron chi connectivity index (χ4n) is 3.36. The molecule has 2 aliphatic rings. The molecule has 1 aliphatic heterocycles. The number of nitrogens with one attached hydrogen (secondary N) is 1. The van der Waals surface area contributed by atoms with Crippen LogP contribution < -0.4 is 19.9 Å². The molecule has 1 aliphatic carbocycles. The molecule has 3 rings (SSSR count). The number of alkyl halides is 3. The Balaban J connectivity index is 2.00. The quantitative estimate of drug-likeness (QED) is 0.331. The summed E-state index contributed by atoms with van der Waals surface area (Å²) in [5.74, 6) is -0.230. The van der Waals surface area contributed by atoms with E-state index in [9.17, 15) is 31.9 Å². The zero-order chi connectivity index (χ0) is 23.0. The fourth-order valence-corrected chi connectivity index (χ4v) is 3.36. The summed E-state index contributed by atoms with van der Waals surface area (Å²) in [7, 11) is 1.04. The van der Waals surface area contributed by atoms with Crippen molar-refractivity contribution in [2.24, 2.45) is 0 Å². The number of benzene rings is 1. The average Bonchev–Trinajstić information content (AvgIpc) is 2.66. The molecule has 0 atom stereocenters. The molecular formula is C20H17F4N3O4. The van der Waals surface area contributed by atoms with Gasteiger partial charge in [0.1, 0.15) is 11.4 Å². The second-order valence-corrected chi connectivity index (χ2v) is 7.03. The van der Waals surface area contributed by atoms with E-state index in [1.165, 1.54) is 10.2 Å². The van der Waals surface area contributed by atoms with Crippen LogP contribution in [0.25, 0.3) is 0 Å². The van der Waals surface area contributed by atoms with Gasteiger partial charge in [0.15, 0.2) is 11.4 Å². The topological polar surface area (TPSA) is 79.0 Å². The number of hydrogen-bond acceptors (Lipinski definition) is 4. The van der Waals surface area contributed by atoms with E-state index in [-0.39, 0.29) is 30.5 Å². The molecule has 164 valence electrons. The molecule has 1 N–H and O–H groups in total. The van der Waals surface area contributed by atoms with Gasteiger partial charge >= 0.3 is 6.18 Å². The van der Waals surface area contributed by atoms with Crippen molar-refractivity contribution < 1.29 is 36.7 Å². The highest BCUT2D eigenvalue weighted by Gasteiger charge is 2.52. The second-order valence-electron chi connectivity index (χ2n) is 7.03. The van der Waals surface area contributed by atoms with Crippen LogP contribution in [-0.2, 0) is 14.4 Å². The summed E-state index contributed by atoms with van der Waals surface area (Å²) < 4.78 is 59.3. The number of fused-ring (bicyclic) bond motifs is 1. The summed E-state index contributed by atoms with van der Waals surface area (Å²) in [6, 6.07) is 2.07. The molecule has 1 saturated carbocycles. The average molecular weight is 439 g/mol. The molecule has 1 fully saturated rings. The fraction of sp³-hybridized carbons (Fsp3) is 0.350. The van der Waals surface area contributed by atoms with Gasteiger partial charge < -0.3 is 15.0 Å². The number of carbonyl (C=O) groups excluding carboxylic acids is 3. The van der Waals surface area contributed by atoms with Crippen LogP contribution in [-0.4, -0.2) is 43.6 Å². The van der Waals surface area contributed by atoms with Crippen LogP contribution in [0.2, 0.25) is 0 Å².